The number of amides is 1. The summed E-state index contributed by atoms with van der Waals surface area (Å²) in [5.74, 6) is 0.585. The van der Waals surface area contributed by atoms with Gasteiger partial charge in [-0.05, 0) is 44.9 Å². The molecule has 0 radical (unpaired) electrons. The first-order valence-corrected chi connectivity index (χ1v) is 10.5. The molecule has 0 N–H and O–H groups in total. The number of nitrogens with zero attached hydrogens (tertiary/aromatic N) is 4. The van der Waals surface area contributed by atoms with Crippen LogP contribution in [0.15, 0.2) is 30.5 Å². The second-order valence-corrected chi connectivity index (χ2v) is 7.65. The van der Waals surface area contributed by atoms with Crippen molar-refractivity contribution in [1.82, 2.24) is 14.8 Å². The molecule has 2 aromatic heterocycles. The third kappa shape index (κ3) is 3.74. The summed E-state index contributed by atoms with van der Waals surface area (Å²) in [5.41, 5.74) is 1.21. The maximum atomic E-state index is 13.3. The van der Waals surface area contributed by atoms with Crippen LogP contribution in [-0.2, 0) is 11.3 Å². The zero-order valence-corrected chi connectivity index (χ0v) is 16.9. The number of ether oxygens (including phenoxy) is 2. The first-order chi connectivity index (χ1) is 13.7. The van der Waals surface area contributed by atoms with Crippen LogP contribution in [0.1, 0.15) is 37.2 Å². The van der Waals surface area contributed by atoms with Gasteiger partial charge >= 0.3 is 0 Å². The first-order valence-electron chi connectivity index (χ1n) is 9.68. The summed E-state index contributed by atoms with van der Waals surface area (Å²) in [4.78, 5) is 19.7. The van der Waals surface area contributed by atoms with E-state index in [2.05, 4.69) is 5.10 Å². The normalized spacial score (nSPS) is 16.6. The van der Waals surface area contributed by atoms with Crippen molar-refractivity contribution in [2.24, 2.45) is 0 Å². The van der Waals surface area contributed by atoms with Crippen LogP contribution in [0.3, 0.4) is 0 Å². The Hall–Kier alpha value is -2.45. The molecule has 1 atom stereocenters. The molecule has 1 aliphatic rings. The van der Waals surface area contributed by atoms with Crippen LogP contribution in [-0.4, -0.2) is 46.5 Å². The minimum absolute atomic E-state index is 0.0237. The van der Waals surface area contributed by atoms with E-state index in [1.807, 2.05) is 38.2 Å². The quantitative estimate of drug-likeness (QED) is 0.604. The molecule has 8 heteroatoms. The molecular formula is C20H24N4O3S. The number of carbonyl (C=O) groups is 1. The molecule has 1 fully saturated rings. The Morgan fingerprint density at radius 3 is 3.00 bits per heavy atom. The zero-order valence-electron chi connectivity index (χ0n) is 16.1. The van der Waals surface area contributed by atoms with Crippen molar-refractivity contribution in [1.29, 1.82) is 0 Å². The molecular weight excluding hydrogens is 376 g/mol. The number of rotatable bonds is 7. The number of anilines is 1. The topological polar surface area (TPSA) is 69.5 Å². The molecule has 1 aliphatic heterocycles. The van der Waals surface area contributed by atoms with E-state index < -0.39 is 0 Å². The molecule has 148 valence electrons. The van der Waals surface area contributed by atoms with Gasteiger partial charge < -0.3 is 9.47 Å². The van der Waals surface area contributed by atoms with Crippen LogP contribution < -0.4 is 9.64 Å². The standard InChI is InChI=1S/C20H24N4O3S/c1-3-23-11-10-15(22-23)19(25)24(13-14-7-6-12-27-14)20-21-18-16(26-4-2)8-5-9-17(18)28-20/h5,8-11,14H,3-4,6-7,12-13H2,1-2H3. The number of carbonyl (C=O) groups excluding carboxylic acids is 1. The largest absolute Gasteiger partial charge is 0.492 e. The number of hydrogen-bond donors (Lipinski definition) is 0. The number of para-hydroxylation sites is 1. The second kappa shape index (κ2) is 8.28. The van der Waals surface area contributed by atoms with Gasteiger partial charge in [0.15, 0.2) is 10.8 Å². The molecule has 0 bridgehead atoms. The third-order valence-electron chi connectivity index (χ3n) is 4.74. The number of fused-ring (bicyclic) bond motifs is 1. The SMILES string of the molecule is CCOc1cccc2sc(N(CC3CCCO3)C(=O)c3ccn(CC)n3)nc12. The summed E-state index contributed by atoms with van der Waals surface area (Å²) in [6, 6.07) is 7.61. The van der Waals surface area contributed by atoms with E-state index in [4.69, 9.17) is 14.5 Å². The van der Waals surface area contributed by atoms with E-state index in [9.17, 15) is 4.79 Å². The maximum Gasteiger partial charge on any atom is 0.280 e. The average molecular weight is 401 g/mol. The fraction of sp³-hybridized carbons (Fsp3) is 0.450. The molecule has 0 aliphatic carbocycles. The van der Waals surface area contributed by atoms with E-state index in [0.29, 0.717) is 24.0 Å². The number of thiazole rings is 1. The molecule has 1 amide bonds. The number of aryl methyl sites for hydroxylation is 1. The van der Waals surface area contributed by atoms with Gasteiger partial charge in [-0.15, -0.1) is 0 Å². The summed E-state index contributed by atoms with van der Waals surface area (Å²) < 4.78 is 14.2. The molecule has 28 heavy (non-hydrogen) atoms. The van der Waals surface area contributed by atoms with Gasteiger partial charge in [0.1, 0.15) is 11.3 Å². The van der Waals surface area contributed by atoms with Gasteiger partial charge in [0.25, 0.3) is 5.91 Å². The van der Waals surface area contributed by atoms with E-state index >= 15 is 0 Å². The van der Waals surface area contributed by atoms with Gasteiger partial charge in [-0.3, -0.25) is 14.4 Å². The van der Waals surface area contributed by atoms with Gasteiger partial charge in [-0.25, -0.2) is 4.98 Å². The Balaban J connectivity index is 1.70. The van der Waals surface area contributed by atoms with E-state index in [-0.39, 0.29) is 12.0 Å². The van der Waals surface area contributed by atoms with E-state index in [0.717, 1.165) is 42.0 Å². The molecule has 0 spiro atoms. The summed E-state index contributed by atoms with van der Waals surface area (Å²) in [6.07, 6.45) is 3.81. The Bertz CT molecular complexity index is 961. The average Bonchev–Trinajstić information content (AvgIpc) is 3.46. The van der Waals surface area contributed by atoms with Crippen molar-refractivity contribution < 1.29 is 14.3 Å². The Kier molecular flexibility index (Phi) is 5.59. The second-order valence-electron chi connectivity index (χ2n) is 6.64. The monoisotopic (exact) mass is 400 g/mol. The zero-order chi connectivity index (χ0) is 19.5. The molecule has 1 unspecified atom stereocenters. The molecule has 1 saturated heterocycles. The van der Waals surface area contributed by atoms with Crippen LogP contribution in [0.25, 0.3) is 10.2 Å². The van der Waals surface area contributed by atoms with Gasteiger partial charge in [-0.2, -0.15) is 5.10 Å². The molecule has 3 aromatic rings. The Morgan fingerprint density at radius 1 is 1.39 bits per heavy atom. The Labute approximate surface area is 167 Å². The van der Waals surface area contributed by atoms with Crippen molar-refractivity contribution in [2.45, 2.75) is 39.3 Å². The molecule has 7 nitrogen and oxygen atoms in total. The lowest BCUT2D eigenvalue weighted by Crippen LogP contribution is -2.37. The molecule has 1 aromatic carbocycles. The summed E-state index contributed by atoms with van der Waals surface area (Å²) in [6.45, 7) is 6.45. The van der Waals surface area contributed by atoms with Crippen LogP contribution in [0.2, 0.25) is 0 Å². The van der Waals surface area contributed by atoms with Crippen molar-refractivity contribution in [3.8, 4) is 5.75 Å². The van der Waals surface area contributed by atoms with Gasteiger partial charge in [-0.1, -0.05) is 17.4 Å². The third-order valence-corrected chi connectivity index (χ3v) is 5.78. The minimum Gasteiger partial charge on any atom is -0.492 e. The number of aromatic nitrogens is 3. The summed E-state index contributed by atoms with van der Waals surface area (Å²) in [5, 5.41) is 5.03. The highest BCUT2D eigenvalue weighted by molar-refractivity contribution is 7.22. The maximum absolute atomic E-state index is 13.3. The fourth-order valence-corrected chi connectivity index (χ4v) is 4.32. The summed E-state index contributed by atoms with van der Waals surface area (Å²) in [7, 11) is 0. The lowest BCUT2D eigenvalue weighted by molar-refractivity contribution is 0.0912. The Morgan fingerprint density at radius 2 is 2.29 bits per heavy atom. The summed E-state index contributed by atoms with van der Waals surface area (Å²) >= 11 is 1.49. The predicted molar refractivity (Wildman–Crippen MR) is 109 cm³/mol. The highest BCUT2D eigenvalue weighted by atomic mass is 32.1. The number of benzene rings is 1. The van der Waals surface area contributed by atoms with Crippen LogP contribution >= 0.6 is 11.3 Å². The number of hydrogen-bond acceptors (Lipinski definition) is 6. The smallest absolute Gasteiger partial charge is 0.280 e. The lowest BCUT2D eigenvalue weighted by atomic mass is 10.2. The highest BCUT2D eigenvalue weighted by Crippen LogP contribution is 2.35. The van der Waals surface area contributed by atoms with Crippen LogP contribution in [0.4, 0.5) is 5.13 Å². The first kappa shape index (κ1) is 18.9. The molecule has 3 heterocycles. The minimum atomic E-state index is -0.153. The van der Waals surface area contributed by atoms with Crippen molar-refractivity contribution >= 4 is 32.6 Å². The molecule has 0 saturated carbocycles. The van der Waals surface area contributed by atoms with Gasteiger partial charge in [0.05, 0.1) is 24.0 Å². The fourth-order valence-electron chi connectivity index (χ4n) is 3.33. The lowest BCUT2D eigenvalue weighted by Gasteiger charge is -2.22. The van der Waals surface area contributed by atoms with Crippen molar-refractivity contribution in [3.05, 3.63) is 36.2 Å². The van der Waals surface area contributed by atoms with Crippen LogP contribution in [0, 0.1) is 0 Å². The van der Waals surface area contributed by atoms with Crippen molar-refractivity contribution in [3.63, 3.8) is 0 Å². The predicted octanol–water partition coefficient (Wildman–Crippen LogP) is 3.74. The van der Waals surface area contributed by atoms with Gasteiger partial charge in [0, 0.05) is 19.3 Å². The van der Waals surface area contributed by atoms with Gasteiger partial charge in [0.2, 0.25) is 0 Å². The highest BCUT2D eigenvalue weighted by Gasteiger charge is 2.28. The van der Waals surface area contributed by atoms with Crippen LogP contribution in [0.5, 0.6) is 5.75 Å². The van der Waals surface area contributed by atoms with E-state index in [1.165, 1.54) is 11.3 Å². The van der Waals surface area contributed by atoms with E-state index in [1.54, 1.807) is 15.6 Å². The van der Waals surface area contributed by atoms with Crippen molar-refractivity contribution in [2.75, 3.05) is 24.7 Å². The molecule has 4 rings (SSSR count).